The smallest absolute Gasteiger partial charge is 0.262 e. The molecule has 1 aliphatic heterocycles. The lowest BCUT2D eigenvalue weighted by Crippen LogP contribution is -2.68. The molecular weight excluding hydrogens is 502 g/mol. The van der Waals surface area contributed by atoms with Crippen LogP contribution in [0.5, 0.6) is 5.75 Å². The Morgan fingerprint density at radius 3 is 2.44 bits per heavy atom. The Kier molecular flexibility index (Phi) is 6.34. The number of hydrogen-bond donors (Lipinski definition) is 0. The molecule has 4 heteroatoms. The van der Waals surface area contributed by atoms with Crippen LogP contribution in [0.3, 0.4) is 0 Å². The third kappa shape index (κ3) is 4.04. The standard InChI is InChI=1S/C37H36N3O/c1-4-26-16-10-15-23-34(26)41-37(24-30-28-19-11-12-20-29(28)31(5-2)38-36(30)37)25-39-32-21-13-14-22-33(32)40(35(39)6-3)27-17-8-7-9-18-27/h5,7-23,30,36H,2,4,6,24-25H2,1,3H3/q+1. The van der Waals surface area contributed by atoms with Gasteiger partial charge in [-0.1, -0.05) is 93.2 Å². The van der Waals surface area contributed by atoms with E-state index in [4.69, 9.17) is 9.73 Å². The van der Waals surface area contributed by atoms with Crippen LogP contribution in [0, 0.1) is 0 Å². The first-order chi connectivity index (χ1) is 20.2. The quantitative estimate of drug-likeness (QED) is 0.189. The summed E-state index contributed by atoms with van der Waals surface area (Å²) in [6.07, 6.45) is 4.62. The van der Waals surface area contributed by atoms with Gasteiger partial charge in [0.15, 0.2) is 16.6 Å². The molecule has 1 saturated carbocycles. The number of fused-ring (bicyclic) bond motifs is 4. The van der Waals surface area contributed by atoms with Gasteiger partial charge in [0.25, 0.3) is 5.82 Å². The molecule has 4 nitrogen and oxygen atoms in total. The van der Waals surface area contributed by atoms with Crippen molar-refractivity contribution >= 4 is 16.7 Å². The third-order valence-electron chi connectivity index (χ3n) is 9.00. The lowest BCUT2D eigenvalue weighted by atomic mass is 9.60. The first-order valence-corrected chi connectivity index (χ1v) is 14.8. The number of para-hydroxylation sites is 4. The zero-order chi connectivity index (χ0) is 28.0. The van der Waals surface area contributed by atoms with E-state index in [1.54, 1.807) is 0 Å². The van der Waals surface area contributed by atoms with E-state index in [1.807, 2.05) is 6.08 Å². The summed E-state index contributed by atoms with van der Waals surface area (Å²) < 4.78 is 12.1. The highest BCUT2D eigenvalue weighted by molar-refractivity contribution is 6.10. The Morgan fingerprint density at radius 1 is 0.902 bits per heavy atom. The van der Waals surface area contributed by atoms with Crippen molar-refractivity contribution in [3.8, 4) is 11.4 Å². The Morgan fingerprint density at radius 2 is 1.63 bits per heavy atom. The average Bonchev–Trinajstić information content (AvgIpc) is 3.34. The number of imidazole rings is 1. The lowest BCUT2D eigenvalue weighted by molar-refractivity contribution is -0.695. The molecule has 3 atom stereocenters. The van der Waals surface area contributed by atoms with Gasteiger partial charge >= 0.3 is 0 Å². The SMILES string of the molecule is C=CC1=NC2C(CC2(C[n+]2c(CC)n(-c3ccccc3)c3ccccc32)Oc2ccccc2CC)c2ccccc21. The van der Waals surface area contributed by atoms with Gasteiger partial charge in [-0.15, -0.1) is 0 Å². The van der Waals surface area contributed by atoms with Crippen LogP contribution in [0.15, 0.2) is 121 Å². The van der Waals surface area contributed by atoms with Gasteiger partial charge in [-0.05, 0) is 54.0 Å². The minimum Gasteiger partial charge on any atom is -0.481 e. The third-order valence-corrected chi connectivity index (χ3v) is 9.00. The molecule has 4 aromatic carbocycles. The highest BCUT2D eigenvalue weighted by atomic mass is 16.5. The van der Waals surface area contributed by atoms with Gasteiger partial charge in [0.1, 0.15) is 24.0 Å². The Bertz CT molecular complexity index is 1780. The van der Waals surface area contributed by atoms with E-state index in [9.17, 15) is 0 Å². The van der Waals surface area contributed by atoms with Gasteiger partial charge in [0.2, 0.25) is 0 Å². The molecule has 5 aromatic rings. The Balaban J connectivity index is 1.41. The monoisotopic (exact) mass is 538 g/mol. The summed E-state index contributed by atoms with van der Waals surface area (Å²) in [6.45, 7) is 9.29. The molecule has 204 valence electrons. The van der Waals surface area contributed by atoms with Gasteiger partial charge in [-0.3, -0.25) is 4.99 Å². The fourth-order valence-electron chi connectivity index (χ4n) is 7.08. The zero-order valence-electron chi connectivity index (χ0n) is 23.8. The maximum Gasteiger partial charge on any atom is 0.262 e. The van der Waals surface area contributed by atoms with Crippen molar-refractivity contribution in [1.29, 1.82) is 0 Å². The van der Waals surface area contributed by atoms with Crippen LogP contribution in [0.2, 0.25) is 0 Å². The summed E-state index contributed by atoms with van der Waals surface area (Å²) in [6, 6.07) is 36.6. The molecule has 0 N–H and O–H groups in total. The van der Waals surface area contributed by atoms with Gasteiger partial charge in [0, 0.05) is 24.3 Å². The van der Waals surface area contributed by atoms with Crippen LogP contribution >= 0.6 is 0 Å². The van der Waals surface area contributed by atoms with Gasteiger partial charge in [-0.25, -0.2) is 4.57 Å². The molecule has 1 aromatic heterocycles. The van der Waals surface area contributed by atoms with Crippen molar-refractivity contribution in [2.75, 3.05) is 0 Å². The van der Waals surface area contributed by atoms with Crippen LogP contribution in [0.25, 0.3) is 16.7 Å². The number of rotatable bonds is 8. The topological polar surface area (TPSA) is 30.4 Å². The normalized spacial score (nSPS) is 21.0. The van der Waals surface area contributed by atoms with Crippen LogP contribution in [0.4, 0.5) is 0 Å². The molecule has 7 rings (SSSR count). The molecular formula is C37H36N3O+. The molecule has 2 aliphatic rings. The van der Waals surface area contributed by atoms with E-state index in [0.717, 1.165) is 30.7 Å². The van der Waals surface area contributed by atoms with Crippen LogP contribution in [-0.2, 0) is 19.4 Å². The van der Waals surface area contributed by atoms with E-state index >= 15 is 0 Å². The van der Waals surface area contributed by atoms with Crippen molar-refractivity contribution in [2.45, 2.75) is 57.2 Å². The highest BCUT2D eigenvalue weighted by Gasteiger charge is 2.60. The molecule has 0 amide bonds. The number of hydrogen-bond acceptors (Lipinski definition) is 2. The lowest BCUT2D eigenvalue weighted by Gasteiger charge is -2.54. The molecule has 0 saturated heterocycles. The van der Waals surface area contributed by atoms with E-state index in [1.165, 1.54) is 39.2 Å². The van der Waals surface area contributed by atoms with E-state index < -0.39 is 5.60 Å². The van der Waals surface area contributed by atoms with Crippen LogP contribution in [-0.4, -0.2) is 21.9 Å². The first kappa shape index (κ1) is 25.5. The van der Waals surface area contributed by atoms with E-state index in [2.05, 4.69) is 133 Å². The molecule has 2 heterocycles. The van der Waals surface area contributed by atoms with Crippen LogP contribution in [0.1, 0.15) is 48.7 Å². The molecule has 0 radical (unpaired) electrons. The maximum atomic E-state index is 7.23. The van der Waals surface area contributed by atoms with Crippen molar-refractivity contribution < 1.29 is 9.30 Å². The predicted octanol–water partition coefficient (Wildman–Crippen LogP) is 7.41. The van der Waals surface area contributed by atoms with Crippen molar-refractivity contribution in [1.82, 2.24) is 4.57 Å². The fraction of sp³-hybridized carbons (Fsp3) is 0.243. The molecule has 41 heavy (non-hydrogen) atoms. The average molecular weight is 539 g/mol. The van der Waals surface area contributed by atoms with E-state index in [0.29, 0.717) is 12.5 Å². The van der Waals surface area contributed by atoms with Gasteiger partial charge < -0.3 is 4.74 Å². The second kappa shape index (κ2) is 10.2. The molecule has 1 aliphatic carbocycles. The second-order valence-corrected chi connectivity index (χ2v) is 11.2. The minimum absolute atomic E-state index is 0.00800. The number of benzene rings is 4. The number of aliphatic imine (C=N–C) groups is 1. The molecule has 0 bridgehead atoms. The Hall–Kier alpha value is -4.44. The van der Waals surface area contributed by atoms with Crippen LogP contribution < -0.4 is 9.30 Å². The van der Waals surface area contributed by atoms with Crippen molar-refractivity contribution in [3.05, 3.63) is 138 Å². The number of nitrogens with zero attached hydrogens (tertiary/aromatic N) is 3. The number of aromatic nitrogens is 2. The minimum atomic E-state index is -0.502. The molecule has 1 fully saturated rings. The summed E-state index contributed by atoms with van der Waals surface area (Å²) in [7, 11) is 0. The summed E-state index contributed by atoms with van der Waals surface area (Å²) in [5, 5.41) is 0. The molecule has 0 spiro atoms. The summed E-state index contributed by atoms with van der Waals surface area (Å²) in [5.41, 5.74) is 7.85. The van der Waals surface area contributed by atoms with Crippen molar-refractivity contribution in [2.24, 2.45) is 4.99 Å². The van der Waals surface area contributed by atoms with Gasteiger partial charge in [-0.2, -0.15) is 4.57 Å². The summed E-state index contributed by atoms with van der Waals surface area (Å²) in [4.78, 5) is 5.37. The highest BCUT2D eigenvalue weighted by Crippen LogP contribution is 2.53. The fourth-order valence-corrected chi connectivity index (χ4v) is 7.08. The number of allylic oxidation sites excluding steroid dienone is 1. The molecule has 3 unspecified atom stereocenters. The number of aryl methyl sites for hydroxylation is 1. The zero-order valence-corrected chi connectivity index (χ0v) is 23.8. The van der Waals surface area contributed by atoms with E-state index in [-0.39, 0.29) is 6.04 Å². The predicted molar refractivity (Wildman–Crippen MR) is 166 cm³/mol. The maximum absolute atomic E-state index is 7.23. The van der Waals surface area contributed by atoms with Gasteiger partial charge in [0.05, 0.1) is 5.71 Å². The number of ether oxygens (including phenoxy) is 1. The first-order valence-electron chi connectivity index (χ1n) is 14.8. The van der Waals surface area contributed by atoms with Crippen molar-refractivity contribution in [3.63, 3.8) is 0 Å². The summed E-state index contributed by atoms with van der Waals surface area (Å²) in [5.74, 6) is 2.54. The Labute approximate surface area is 242 Å². The second-order valence-electron chi connectivity index (χ2n) is 11.2. The largest absolute Gasteiger partial charge is 0.481 e. The summed E-state index contributed by atoms with van der Waals surface area (Å²) >= 11 is 0.